The van der Waals surface area contributed by atoms with E-state index in [0.717, 1.165) is 0 Å². The number of rotatable bonds is 4. The first-order chi connectivity index (χ1) is 9.68. The van der Waals surface area contributed by atoms with Crippen molar-refractivity contribution in [1.29, 1.82) is 0 Å². The lowest BCUT2D eigenvalue weighted by molar-refractivity contribution is -0.138. The normalized spacial score (nSPS) is 21.6. The largest absolute Gasteiger partial charge is 0.378 e. The molecule has 0 unspecified atom stereocenters. The second kappa shape index (κ2) is 7.56. The minimum atomic E-state index is -0.599. The average Bonchev–Trinajstić information content (AvgIpc) is 2.53. The van der Waals surface area contributed by atoms with E-state index in [1.165, 1.54) is 0 Å². The number of morpholine rings is 2. The summed E-state index contributed by atoms with van der Waals surface area (Å²) in [4.78, 5) is 27.5. The molecule has 2 N–H and O–H groups in total. The molecule has 0 bridgehead atoms. The molecule has 7 nitrogen and oxygen atoms in total. The summed E-state index contributed by atoms with van der Waals surface area (Å²) in [5.74, 6) is -0.0263. The molecular weight excluding hydrogens is 262 g/mol. The highest BCUT2D eigenvalue weighted by Crippen LogP contribution is 2.07. The third kappa shape index (κ3) is 4.16. The summed E-state index contributed by atoms with van der Waals surface area (Å²) in [6.07, 6.45) is 0.712. The molecule has 0 radical (unpaired) electrons. The Morgan fingerprint density at radius 2 is 1.45 bits per heavy atom. The Hall–Kier alpha value is -1.18. The zero-order valence-corrected chi connectivity index (χ0v) is 11.8. The minimum absolute atomic E-state index is 0.0542. The number of carbonyl (C=O) groups is 2. The Bertz CT molecular complexity index is 339. The van der Waals surface area contributed by atoms with Gasteiger partial charge in [0, 0.05) is 32.6 Å². The van der Waals surface area contributed by atoms with Gasteiger partial charge in [0.25, 0.3) is 0 Å². The van der Waals surface area contributed by atoms with Crippen molar-refractivity contribution >= 4 is 11.8 Å². The van der Waals surface area contributed by atoms with Gasteiger partial charge in [0.1, 0.15) is 0 Å². The lowest BCUT2D eigenvalue weighted by Crippen LogP contribution is -2.49. The second-order valence-electron chi connectivity index (χ2n) is 5.08. The van der Waals surface area contributed by atoms with Gasteiger partial charge in [0.05, 0.1) is 32.5 Å². The van der Waals surface area contributed by atoms with E-state index in [-0.39, 0.29) is 11.8 Å². The van der Waals surface area contributed by atoms with Crippen LogP contribution in [0.25, 0.3) is 0 Å². The van der Waals surface area contributed by atoms with Crippen LogP contribution in [0.1, 0.15) is 12.8 Å². The maximum absolute atomic E-state index is 12.1. The Balaban J connectivity index is 1.71. The van der Waals surface area contributed by atoms with Crippen LogP contribution in [-0.4, -0.2) is 80.3 Å². The van der Waals surface area contributed by atoms with Crippen LogP contribution in [0.4, 0.5) is 0 Å². The SMILES string of the molecule is N[C@@H](CCC(=O)N1CCOCC1)C(=O)N1CCOCC1. The molecule has 0 aromatic heterocycles. The third-order valence-corrected chi connectivity index (χ3v) is 3.67. The van der Waals surface area contributed by atoms with Crippen molar-refractivity contribution < 1.29 is 19.1 Å². The number of hydrogen-bond acceptors (Lipinski definition) is 5. The molecule has 2 heterocycles. The average molecular weight is 285 g/mol. The molecule has 2 amide bonds. The molecule has 7 heteroatoms. The van der Waals surface area contributed by atoms with Crippen molar-refractivity contribution in [3.8, 4) is 0 Å². The number of nitrogens with zero attached hydrogens (tertiary/aromatic N) is 2. The van der Waals surface area contributed by atoms with Crippen molar-refractivity contribution in [2.45, 2.75) is 18.9 Å². The predicted octanol–water partition coefficient (Wildman–Crippen LogP) is -1.19. The van der Waals surface area contributed by atoms with E-state index in [1.807, 2.05) is 0 Å². The molecule has 1 atom stereocenters. The van der Waals surface area contributed by atoms with Gasteiger partial charge in [-0.2, -0.15) is 0 Å². The zero-order valence-electron chi connectivity index (χ0n) is 11.8. The van der Waals surface area contributed by atoms with E-state index in [0.29, 0.717) is 65.4 Å². The van der Waals surface area contributed by atoms with Gasteiger partial charge in [-0.25, -0.2) is 0 Å². The number of hydrogen-bond donors (Lipinski definition) is 1. The summed E-state index contributed by atoms with van der Waals surface area (Å²) < 4.78 is 10.4. The molecule has 2 saturated heterocycles. The molecule has 0 aromatic carbocycles. The van der Waals surface area contributed by atoms with Gasteiger partial charge in [-0.3, -0.25) is 9.59 Å². The van der Waals surface area contributed by atoms with E-state index in [2.05, 4.69) is 0 Å². The first-order valence-corrected chi connectivity index (χ1v) is 7.16. The van der Waals surface area contributed by atoms with Crippen LogP contribution in [0.15, 0.2) is 0 Å². The summed E-state index contributed by atoms with van der Waals surface area (Å²) in [5.41, 5.74) is 5.90. The van der Waals surface area contributed by atoms with E-state index in [1.54, 1.807) is 9.80 Å². The Kier molecular flexibility index (Phi) is 5.75. The van der Waals surface area contributed by atoms with Crippen LogP contribution in [0.5, 0.6) is 0 Å². The molecule has 0 aromatic rings. The van der Waals surface area contributed by atoms with Gasteiger partial charge in [0.2, 0.25) is 11.8 Å². The van der Waals surface area contributed by atoms with Crippen LogP contribution < -0.4 is 5.73 Å². The molecule has 114 valence electrons. The van der Waals surface area contributed by atoms with Gasteiger partial charge in [0.15, 0.2) is 0 Å². The van der Waals surface area contributed by atoms with Crippen molar-refractivity contribution in [1.82, 2.24) is 9.80 Å². The molecular formula is C13H23N3O4. The summed E-state index contributed by atoms with van der Waals surface area (Å²) in [5, 5.41) is 0. The molecule has 2 rings (SSSR count). The zero-order chi connectivity index (χ0) is 14.4. The maximum Gasteiger partial charge on any atom is 0.239 e. The fraction of sp³-hybridized carbons (Fsp3) is 0.846. The van der Waals surface area contributed by atoms with E-state index in [9.17, 15) is 9.59 Å². The number of amides is 2. The topological polar surface area (TPSA) is 85.1 Å². The highest BCUT2D eigenvalue weighted by atomic mass is 16.5. The quantitative estimate of drug-likeness (QED) is 0.702. The van der Waals surface area contributed by atoms with E-state index >= 15 is 0 Å². The monoisotopic (exact) mass is 285 g/mol. The number of ether oxygens (including phenoxy) is 2. The molecule has 0 spiro atoms. The molecule has 20 heavy (non-hydrogen) atoms. The minimum Gasteiger partial charge on any atom is -0.378 e. The maximum atomic E-state index is 12.1. The van der Waals surface area contributed by atoms with Gasteiger partial charge in [-0.15, -0.1) is 0 Å². The smallest absolute Gasteiger partial charge is 0.239 e. The van der Waals surface area contributed by atoms with Crippen molar-refractivity contribution in [2.75, 3.05) is 52.6 Å². The van der Waals surface area contributed by atoms with Gasteiger partial charge in [-0.05, 0) is 6.42 Å². The number of nitrogens with two attached hydrogens (primary N) is 1. The summed E-state index contributed by atoms with van der Waals surface area (Å²) in [6.45, 7) is 4.73. The van der Waals surface area contributed by atoms with Crippen molar-refractivity contribution in [3.63, 3.8) is 0 Å². The summed E-state index contributed by atoms with van der Waals surface area (Å²) in [6, 6.07) is -0.599. The Morgan fingerprint density at radius 3 is 2.00 bits per heavy atom. The van der Waals surface area contributed by atoms with Gasteiger partial charge >= 0.3 is 0 Å². The third-order valence-electron chi connectivity index (χ3n) is 3.67. The molecule has 0 saturated carbocycles. The highest BCUT2D eigenvalue weighted by Gasteiger charge is 2.24. The fourth-order valence-corrected chi connectivity index (χ4v) is 2.39. The van der Waals surface area contributed by atoms with Gasteiger partial charge in [-0.1, -0.05) is 0 Å². The van der Waals surface area contributed by atoms with E-state index in [4.69, 9.17) is 15.2 Å². The lowest BCUT2D eigenvalue weighted by Gasteiger charge is -2.30. The fourth-order valence-electron chi connectivity index (χ4n) is 2.39. The summed E-state index contributed by atoms with van der Waals surface area (Å²) in [7, 11) is 0. The van der Waals surface area contributed by atoms with Crippen molar-refractivity contribution in [2.24, 2.45) is 5.73 Å². The lowest BCUT2D eigenvalue weighted by atomic mass is 10.1. The molecule has 2 aliphatic heterocycles. The van der Waals surface area contributed by atoms with Crippen LogP contribution in [0, 0.1) is 0 Å². The van der Waals surface area contributed by atoms with E-state index < -0.39 is 6.04 Å². The number of carbonyl (C=O) groups excluding carboxylic acids is 2. The standard InChI is InChI=1S/C13H23N3O4/c14-11(13(18)16-5-9-20-10-6-16)1-2-12(17)15-3-7-19-8-4-15/h11H,1-10,14H2/t11-/m0/s1. The Morgan fingerprint density at radius 1 is 0.950 bits per heavy atom. The molecule has 2 aliphatic rings. The molecule has 2 fully saturated rings. The van der Waals surface area contributed by atoms with Crippen molar-refractivity contribution in [3.05, 3.63) is 0 Å². The van der Waals surface area contributed by atoms with Crippen LogP contribution >= 0.6 is 0 Å². The predicted molar refractivity (Wildman–Crippen MR) is 72.0 cm³/mol. The van der Waals surface area contributed by atoms with Gasteiger partial charge < -0.3 is 25.0 Å². The highest BCUT2D eigenvalue weighted by molar-refractivity contribution is 5.83. The van der Waals surface area contributed by atoms with Crippen LogP contribution in [0.2, 0.25) is 0 Å². The van der Waals surface area contributed by atoms with Crippen LogP contribution in [-0.2, 0) is 19.1 Å². The summed E-state index contributed by atoms with van der Waals surface area (Å²) >= 11 is 0. The van der Waals surface area contributed by atoms with Crippen LogP contribution in [0.3, 0.4) is 0 Å². The first kappa shape index (κ1) is 15.2. The second-order valence-corrected chi connectivity index (χ2v) is 5.08. The first-order valence-electron chi connectivity index (χ1n) is 7.16. The molecule has 0 aliphatic carbocycles. The Labute approximate surface area is 119 Å².